The van der Waals surface area contributed by atoms with Gasteiger partial charge in [0, 0.05) is 22.0 Å². The van der Waals surface area contributed by atoms with Crippen LogP contribution in [0.5, 0.6) is 0 Å². The fourth-order valence-corrected chi connectivity index (χ4v) is 5.55. The van der Waals surface area contributed by atoms with Crippen molar-refractivity contribution in [2.45, 2.75) is 6.92 Å². The minimum atomic E-state index is 0.341. The molecule has 0 fully saturated rings. The molecule has 0 aliphatic carbocycles. The number of aryl methyl sites for hydroxylation is 1. The summed E-state index contributed by atoms with van der Waals surface area (Å²) in [7, 11) is 0. The lowest BCUT2D eigenvalue weighted by molar-refractivity contribution is 1.18. The third kappa shape index (κ3) is 1.46. The molecule has 5 aromatic rings. The Morgan fingerprint density at radius 3 is 2.26 bits per heavy atom. The second-order valence-corrected chi connectivity index (χ2v) is 7.81. The molecule has 0 bridgehead atoms. The Morgan fingerprint density at radius 2 is 1.33 bits per heavy atom. The molecule has 1 aromatic heterocycles. The molecule has 2 aliphatic heterocycles. The summed E-state index contributed by atoms with van der Waals surface area (Å²) >= 11 is 0. The molecule has 1 nitrogen and oxygen atoms in total. The molecule has 0 spiro atoms. The number of hydrogen-bond donors (Lipinski definition) is 0. The van der Waals surface area contributed by atoms with Gasteiger partial charge in [0.15, 0.2) is 0 Å². The predicted molar refractivity (Wildman–Crippen MR) is 116 cm³/mol. The second kappa shape index (κ2) is 4.53. The molecule has 2 heteroatoms. The van der Waals surface area contributed by atoms with Crippen LogP contribution in [0.2, 0.25) is 0 Å². The van der Waals surface area contributed by atoms with Gasteiger partial charge in [0.05, 0.1) is 5.52 Å². The smallest absolute Gasteiger partial charge is 0.248 e. The monoisotopic (exact) mass is 341 g/mol. The van der Waals surface area contributed by atoms with Crippen LogP contribution in [-0.4, -0.2) is 11.3 Å². The first-order chi connectivity index (χ1) is 13.3. The van der Waals surface area contributed by atoms with E-state index in [0.717, 1.165) is 0 Å². The van der Waals surface area contributed by atoms with Crippen LogP contribution in [-0.2, 0) is 0 Å². The summed E-state index contributed by atoms with van der Waals surface area (Å²) in [5.74, 6) is 0. The van der Waals surface area contributed by atoms with Crippen molar-refractivity contribution in [1.29, 1.82) is 0 Å². The van der Waals surface area contributed by atoms with E-state index < -0.39 is 0 Å². The van der Waals surface area contributed by atoms with E-state index in [1.54, 1.807) is 0 Å². The van der Waals surface area contributed by atoms with E-state index in [-0.39, 0.29) is 0 Å². The zero-order valence-corrected chi connectivity index (χ0v) is 15.0. The van der Waals surface area contributed by atoms with Crippen molar-refractivity contribution in [1.82, 2.24) is 4.57 Å². The Kier molecular flexibility index (Phi) is 2.33. The molecule has 4 aromatic carbocycles. The van der Waals surface area contributed by atoms with Gasteiger partial charge in [-0.15, -0.1) is 0 Å². The normalized spacial score (nSPS) is 13.3. The van der Waals surface area contributed by atoms with Crippen LogP contribution < -0.4 is 16.4 Å². The number of nitrogens with zero attached hydrogens (tertiary/aromatic N) is 1. The van der Waals surface area contributed by atoms with E-state index in [9.17, 15) is 0 Å². The number of benzene rings is 4. The van der Waals surface area contributed by atoms with Gasteiger partial charge in [-0.05, 0) is 40.6 Å². The maximum atomic E-state index is 2.52. The number of hydrogen-bond acceptors (Lipinski definition) is 0. The van der Waals surface area contributed by atoms with Gasteiger partial charge in [-0.25, -0.2) is 0 Å². The van der Waals surface area contributed by atoms with Gasteiger partial charge < -0.3 is 4.57 Å². The molecule has 2 aliphatic rings. The van der Waals surface area contributed by atoms with Gasteiger partial charge in [0.1, 0.15) is 0 Å². The molecular formula is C25H16BN. The first-order valence-electron chi connectivity index (χ1n) is 9.60. The van der Waals surface area contributed by atoms with Crippen LogP contribution in [0.15, 0.2) is 78.9 Å². The number of aromatic nitrogens is 1. The van der Waals surface area contributed by atoms with Crippen LogP contribution >= 0.6 is 0 Å². The lowest BCUT2D eigenvalue weighted by atomic mass is 9.37. The molecule has 124 valence electrons. The largest absolute Gasteiger partial charge is 0.310 e. The van der Waals surface area contributed by atoms with Crippen molar-refractivity contribution in [2.24, 2.45) is 0 Å². The predicted octanol–water partition coefficient (Wildman–Crippen LogP) is 3.90. The molecule has 0 N–H and O–H groups in total. The van der Waals surface area contributed by atoms with Gasteiger partial charge in [0.2, 0.25) is 6.71 Å². The van der Waals surface area contributed by atoms with Gasteiger partial charge in [0.25, 0.3) is 0 Å². The summed E-state index contributed by atoms with van der Waals surface area (Å²) in [6.07, 6.45) is 0. The van der Waals surface area contributed by atoms with Gasteiger partial charge in [-0.1, -0.05) is 78.3 Å². The van der Waals surface area contributed by atoms with Crippen molar-refractivity contribution in [3.63, 3.8) is 0 Å². The van der Waals surface area contributed by atoms with Crippen LogP contribution in [0.25, 0.3) is 38.6 Å². The summed E-state index contributed by atoms with van der Waals surface area (Å²) in [6, 6.07) is 29.3. The van der Waals surface area contributed by atoms with E-state index in [2.05, 4.69) is 90.4 Å². The molecule has 0 saturated carbocycles. The number of rotatable bonds is 0. The summed E-state index contributed by atoms with van der Waals surface area (Å²) in [4.78, 5) is 0. The van der Waals surface area contributed by atoms with E-state index >= 15 is 0 Å². The Hall–Kier alpha value is -3.26. The minimum Gasteiger partial charge on any atom is -0.310 e. The molecule has 0 atom stereocenters. The SMILES string of the molecule is Cc1cccc2c3cccc4c3n(c12)-c1cccc2c1B4c1ccccc1-2. The quantitative estimate of drug-likeness (QED) is 0.369. The maximum Gasteiger partial charge on any atom is 0.248 e. The van der Waals surface area contributed by atoms with E-state index in [1.807, 2.05) is 0 Å². The molecular weight excluding hydrogens is 325 g/mol. The van der Waals surface area contributed by atoms with E-state index in [1.165, 1.54) is 60.6 Å². The second-order valence-electron chi connectivity index (χ2n) is 7.81. The Morgan fingerprint density at radius 1 is 0.630 bits per heavy atom. The van der Waals surface area contributed by atoms with Crippen molar-refractivity contribution < 1.29 is 0 Å². The van der Waals surface area contributed by atoms with E-state index in [4.69, 9.17) is 0 Å². The summed E-state index contributed by atoms with van der Waals surface area (Å²) < 4.78 is 2.52. The Balaban J connectivity index is 1.80. The third-order valence-corrected chi connectivity index (χ3v) is 6.53. The summed E-state index contributed by atoms with van der Waals surface area (Å²) in [5.41, 5.74) is 12.6. The van der Waals surface area contributed by atoms with Crippen molar-refractivity contribution in [3.8, 4) is 16.8 Å². The lowest BCUT2D eigenvalue weighted by Crippen LogP contribution is -2.53. The van der Waals surface area contributed by atoms with Gasteiger partial charge in [-0.2, -0.15) is 0 Å². The van der Waals surface area contributed by atoms with E-state index in [0.29, 0.717) is 6.71 Å². The van der Waals surface area contributed by atoms with Crippen molar-refractivity contribution in [2.75, 3.05) is 0 Å². The average Bonchev–Trinajstić information content (AvgIpc) is 3.23. The summed E-state index contributed by atoms with van der Waals surface area (Å²) in [5, 5.41) is 2.73. The van der Waals surface area contributed by atoms with Crippen LogP contribution in [0.3, 0.4) is 0 Å². The highest BCUT2D eigenvalue weighted by Gasteiger charge is 2.40. The Labute approximate surface area is 158 Å². The fourth-order valence-electron chi connectivity index (χ4n) is 5.55. The standard InChI is InChI=1S/C25H16BN/c1-15-7-4-10-18-19-11-5-13-21-25(19)27(24(15)18)22-14-6-9-17-16-8-2-3-12-20(16)26(21)23(17)22/h2-14H,1H3. The van der Waals surface area contributed by atoms with Crippen molar-refractivity contribution >= 4 is 44.9 Å². The molecule has 0 unspecified atom stereocenters. The van der Waals surface area contributed by atoms with Crippen molar-refractivity contribution in [3.05, 3.63) is 84.4 Å². The van der Waals surface area contributed by atoms with Crippen LogP contribution in [0, 0.1) is 6.92 Å². The average molecular weight is 341 g/mol. The molecule has 0 saturated heterocycles. The Bertz CT molecular complexity index is 1440. The lowest BCUT2D eigenvalue weighted by Gasteiger charge is -2.24. The minimum absolute atomic E-state index is 0.341. The number of para-hydroxylation sites is 2. The fraction of sp³-hybridized carbons (Fsp3) is 0.0400. The van der Waals surface area contributed by atoms with Crippen LogP contribution in [0.1, 0.15) is 5.56 Å². The highest BCUT2D eigenvalue weighted by molar-refractivity contribution is 7.01. The molecule has 0 amide bonds. The first kappa shape index (κ1) is 13.9. The molecule has 27 heavy (non-hydrogen) atoms. The third-order valence-electron chi connectivity index (χ3n) is 6.53. The van der Waals surface area contributed by atoms with Crippen LogP contribution in [0.4, 0.5) is 0 Å². The topological polar surface area (TPSA) is 4.93 Å². The molecule has 7 rings (SSSR count). The highest BCUT2D eigenvalue weighted by atomic mass is 15.0. The molecule has 0 radical (unpaired) electrons. The first-order valence-corrected chi connectivity index (χ1v) is 9.60. The summed E-state index contributed by atoms with van der Waals surface area (Å²) in [6.45, 7) is 2.57. The highest BCUT2D eigenvalue weighted by Crippen LogP contribution is 2.37. The van der Waals surface area contributed by atoms with Gasteiger partial charge >= 0.3 is 0 Å². The zero-order valence-electron chi connectivity index (χ0n) is 15.0. The van der Waals surface area contributed by atoms with Gasteiger partial charge in [-0.3, -0.25) is 0 Å². The zero-order chi connectivity index (χ0) is 17.7. The molecule has 3 heterocycles. The maximum absolute atomic E-state index is 2.52. The number of fused-ring (bicyclic) bond motifs is 8.